The lowest BCUT2D eigenvalue weighted by Gasteiger charge is -2.24. The number of pyridine rings is 1. The van der Waals surface area contributed by atoms with Crippen LogP contribution in [0.4, 0.5) is 5.69 Å². The Bertz CT molecular complexity index is 520. The predicted molar refractivity (Wildman–Crippen MR) is 81.0 cm³/mol. The Kier molecular flexibility index (Phi) is 6.42. The van der Waals surface area contributed by atoms with Gasteiger partial charge in [-0.3, -0.25) is 9.59 Å². The van der Waals surface area contributed by atoms with Crippen molar-refractivity contribution in [3.63, 3.8) is 0 Å². The first kappa shape index (κ1) is 17.2. The summed E-state index contributed by atoms with van der Waals surface area (Å²) in [7, 11) is 1.32. The summed E-state index contributed by atoms with van der Waals surface area (Å²) in [5.74, 6) is -0.412. The molecule has 0 radical (unpaired) electrons. The third kappa shape index (κ3) is 5.23. The Morgan fingerprint density at radius 2 is 2.14 bits per heavy atom. The molecule has 0 atom stereocenters. The van der Waals surface area contributed by atoms with Gasteiger partial charge in [0.1, 0.15) is 5.15 Å². The second kappa shape index (κ2) is 7.83. The van der Waals surface area contributed by atoms with Crippen molar-refractivity contribution < 1.29 is 14.3 Å². The molecule has 0 spiro atoms. The topological polar surface area (TPSA) is 85.5 Å². The molecule has 0 unspecified atom stereocenters. The number of rotatable bonds is 6. The van der Waals surface area contributed by atoms with Crippen LogP contribution in [0.2, 0.25) is 5.15 Å². The van der Waals surface area contributed by atoms with Gasteiger partial charge in [-0.05, 0) is 12.0 Å². The fraction of sp³-hybridized carbons (Fsp3) is 0.500. The minimum Gasteiger partial charge on any atom is -0.469 e. The van der Waals surface area contributed by atoms with Gasteiger partial charge >= 0.3 is 5.97 Å². The number of hydrogen-bond acceptors (Lipinski definition) is 5. The van der Waals surface area contributed by atoms with E-state index >= 15 is 0 Å². The number of anilines is 1. The summed E-state index contributed by atoms with van der Waals surface area (Å²) in [5, 5.41) is 0.0982. The smallest absolute Gasteiger partial charge is 0.307 e. The van der Waals surface area contributed by atoms with E-state index in [1.54, 1.807) is 4.90 Å². The number of esters is 1. The Balaban J connectivity index is 2.93. The first-order chi connectivity index (χ1) is 9.85. The van der Waals surface area contributed by atoms with Crippen LogP contribution in [0.15, 0.2) is 12.3 Å². The summed E-state index contributed by atoms with van der Waals surface area (Å²) in [5.41, 5.74) is 6.24. The van der Waals surface area contributed by atoms with Crippen molar-refractivity contribution in [3.8, 4) is 0 Å². The summed E-state index contributed by atoms with van der Waals surface area (Å²) in [6.45, 7) is 4.73. The SMILES string of the molecule is COC(=O)CCN(CC(C)C)C(=O)c1cc(N)cnc1Cl. The largest absolute Gasteiger partial charge is 0.469 e. The summed E-state index contributed by atoms with van der Waals surface area (Å²) < 4.78 is 4.60. The van der Waals surface area contributed by atoms with E-state index < -0.39 is 0 Å². The predicted octanol–water partition coefficient (Wildman–Crippen LogP) is 1.98. The first-order valence-corrected chi connectivity index (χ1v) is 7.00. The molecule has 1 aromatic heterocycles. The van der Waals surface area contributed by atoms with E-state index in [0.29, 0.717) is 12.2 Å². The van der Waals surface area contributed by atoms with Gasteiger partial charge in [-0.25, -0.2) is 4.98 Å². The van der Waals surface area contributed by atoms with Crippen molar-refractivity contribution in [3.05, 3.63) is 23.0 Å². The average Bonchev–Trinajstić information content (AvgIpc) is 2.44. The third-order valence-corrected chi connectivity index (χ3v) is 3.08. The van der Waals surface area contributed by atoms with Crippen molar-refractivity contribution in [1.82, 2.24) is 9.88 Å². The van der Waals surface area contributed by atoms with Gasteiger partial charge in [0.2, 0.25) is 0 Å². The number of halogens is 1. The minimum atomic E-state index is -0.367. The fourth-order valence-corrected chi connectivity index (χ4v) is 2.01. The molecule has 1 heterocycles. The number of ether oxygens (including phenoxy) is 1. The van der Waals surface area contributed by atoms with Crippen molar-refractivity contribution >= 4 is 29.2 Å². The molecule has 1 amide bonds. The Morgan fingerprint density at radius 1 is 1.48 bits per heavy atom. The van der Waals surface area contributed by atoms with Crippen molar-refractivity contribution in [1.29, 1.82) is 0 Å². The monoisotopic (exact) mass is 313 g/mol. The van der Waals surface area contributed by atoms with Gasteiger partial charge in [0, 0.05) is 13.1 Å². The van der Waals surface area contributed by atoms with E-state index in [2.05, 4.69) is 9.72 Å². The summed E-state index contributed by atoms with van der Waals surface area (Å²) in [6.07, 6.45) is 1.52. The van der Waals surface area contributed by atoms with E-state index in [1.165, 1.54) is 19.4 Å². The molecule has 1 rings (SSSR count). The molecule has 0 saturated heterocycles. The second-order valence-corrected chi connectivity index (χ2v) is 5.44. The van der Waals surface area contributed by atoms with Gasteiger partial charge in [0.25, 0.3) is 5.91 Å². The lowest BCUT2D eigenvalue weighted by molar-refractivity contribution is -0.140. The number of nitrogens with two attached hydrogens (primary N) is 1. The normalized spacial score (nSPS) is 10.5. The van der Waals surface area contributed by atoms with Crippen molar-refractivity contribution in [2.24, 2.45) is 5.92 Å². The Morgan fingerprint density at radius 3 is 2.71 bits per heavy atom. The van der Waals surface area contributed by atoms with Gasteiger partial charge in [-0.2, -0.15) is 0 Å². The number of carbonyl (C=O) groups excluding carboxylic acids is 2. The number of hydrogen-bond donors (Lipinski definition) is 1. The second-order valence-electron chi connectivity index (χ2n) is 5.08. The highest BCUT2D eigenvalue weighted by molar-refractivity contribution is 6.32. The molecule has 0 aliphatic carbocycles. The van der Waals surface area contributed by atoms with E-state index in [0.717, 1.165) is 0 Å². The van der Waals surface area contributed by atoms with Crippen LogP contribution in [0.1, 0.15) is 30.6 Å². The van der Waals surface area contributed by atoms with Crippen molar-refractivity contribution in [2.75, 3.05) is 25.9 Å². The Hall–Kier alpha value is -1.82. The van der Waals surface area contributed by atoms with Crippen LogP contribution in [-0.4, -0.2) is 42.0 Å². The molecule has 0 aliphatic heterocycles. The maximum Gasteiger partial charge on any atom is 0.307 e. The fourth-order valence-electron chi connectivity index (χ4n) is 1.83. The zero-order valence-corrected chi connectivity index (χ0v) is 13.2. The lowest BCUT2D eigenvalue weighted by Crippen LogP contribution is -2.36. The molecule has 1 aromatic rings. The van der Waals surface area contributed by atoms with E-state index in [-0.39, 0.29) is 41.5 Å². The van der Waals surface area contributed by atoms with E-state index in [9.17, 15) is 9.59 Å². The summed E-state index contributed by atoms with van der Waals surface area (Å²) in [4.78, 5) is 29.2. The van der Waals surface area contributed by atoms with E-state index in [1.807, 2.05) is 13.8 Å². The third-order valence-electron chi connectivity index (χ3n) is 2.78. The van der Waals surface area contributed by atoms with Crippen LogP contribution < -0.4 is 5.73 Å². The van der Waals surface area contributed by atoms with Gasteiger partial charge in [-0.1, -0.05) is 25.4 Å². The number of methoxy groups -OCH3 is 1. The molecule has 116 valence electrons. The quantitative estimate of drug-likeness (QED) is 0.641. The van der Waals surface area contributed by atoms with Crippen LogP contribution in [0.25, 0.3) is 0 Å². The van der Waals surface area contributed by atoms with Gasteiger partial charge in [0.15, 0.2) is 0 Å². The summed E-state index contributed by atoms with van der Waals surface area (Å²) in [6, 6.07) is 1.49. The standard InChI is InChI=1S/C14H20ClN3O3/c1-9(2)8-18(5-4-12(19)21-3)14(20)11-6-10(16)7-17-13(11)15/h6-7,9H,4-5,8,16H2,1-3H3. The highest BCUT2D eigenvalue weighted by Crippen LogP contribution is 2.18. The highest BCUT2D eigenvalue weighted by atomic mass is 35.5. The summed E-state index contributed by atoms with van der Waals surface area (Å²) >= 11 is 5.96. The molecule has 0 aromatic carbocycles. The number of nitrogens with zero attached hydrogens (tertiary/aromatic N) is 2. The highest BCUT2D eigenvalue weighted by Gasteiger charge is 2.21. The first-order valence-electron chi connectivity index (χ1n) is 6.62. The number of amides is 1. The van der Waals surface area contributed by atoms with Crippen LogP contribution in [0.5, 0.6) is 0 Å². The lowest BCUT2D eigenvalue weighted by atomic mass is 10.1. The van der Waals surface area contributed by atoms with Crippen molar-refractivity contribution in [2.45, 2.75) is 20.3 Å². The maximum absolute atomic E-state index is 12.5. The molecule has 0 bridgehead atoms. The van der Waals surface area contributed by atoms with Gasteiger partial charge < -0.3 is 15.4 Å². The van der Waals surface area contributed by atoms with Crippen LogP contribution >= 0.6 is 11.6 Å². The maximum atomic E-state index is 12.5. The minimum absolute atomic E-state index is 0.0982. The molecule has 2 N–H and O–H groups in total. The molecule has 6 nitrogen and oxygen atoms in total. The van der Waals surface area contributed by atoms with E-state index in [4.69, 9.17) is 17.3 Å². The molecule has 0 fully saturated rings. The van der Waals surface area contributed by atoms with Crippen LogP contribution in [0.3, 0.4) is 0 Å². The molecule has 7 heteroatoms. The number of carbonyl (C=O) groups is 2. The Labute approximate surface area is 129 Å². The average molecular weight is 314 g/mol. The molecule has 0 saturated carbocycles. The van der Waals surface area contributed by atoms with Gasteiger partial charge in [-0.15, -0.1) is 0 Å². The van der Waals surface area contributed by atoms with Gasteiger partial charge in [0.05, 0.1) is 31.0 Å². The molecule has 21 heavy (non-hydrogen) atoms. The molecular weight excluding hydrogens is 294 g/mol. The molecular formula is C14H20ClN3O3. The van der Waals surface area contributed by atoms with Crippen LogP contribution in [0, 0.1) is 5.92 Å². The van der Waals surface area contributed by atoms with Crippen LogP contribution in [-0.2, 0) is 9.53 Å². The zero-order valence-electron chi connectivity index (χ0n) is 12.4. The zero-order chi connectivity index (χ0) is 16.0. The number of nitrogen functional groups attached to an aromatic ring is 1. The molecule has 0 aliphatic rings. The number of aromatic nitrogens is 1.